The van der Waals surface area contributed by atoms with Gasteiger partial charge in [0.2, 0.25) is 0 Å². The van der Waals surface area contributed by atoms with Gasteiger partial charge in [-0.25, -0.2) is 0 Å². The van der Waals surface area contributed by atoms with Crippen molar-refractivity contribution in [3.63, 3.8) is 0 Å². The van der Waals surface area contributed by atoms with E-state index in [1.165, 1.54) is 17.7 Å². The van der Waals surface area contributed by atoms with Crippen LogP contribution in [0.5, 0.6) is 0 Å². The summed E-state index contributed by atoms with van der Waals surface area (Å²) in [5, 5.41) is 4.78. The van der Waals surface area contributed by atoms with Gasteiger partial charge in [-0.3, -0.25) is 14.4 Å². The summed E-state index contributed by atoms with van der Waals surface area (Å²) in [6.07, 6.45) is 6.65. The number of aromatic nitrogens is 2. The molecule has 0 radical (unpaired) electrons. The maximum Gasteiger partial charge on any atom is 0.274 e. The topological polar surface area (TPSA) is 44.6 Å². The van der Waals surface area contributed by atoms with Crippen LogP contribution in [0.2, 0.25) is 0 Å². The van der Waals surface area contributed by atoms with Gasteiger partial charge < -0.3 is 9.80 Å². The molecule has 1 aromatic rings. The first-order valence-electron chi connectivity index (χ1n) is 10.8. The van der Waals surface area contributed by atoms with Crippen LogP contribution in [0.4, 0.5) is 0 Å². The third kappa shape index (κ3) is 4.54. The Labute approximate surface area is 164 Å². The summed E-state index contributed by atoms with van der Waals surface area (Å²) in [6.45, 7) is 10.2. The van der Waals surface area contributed by atoms with Crippen molar-refractivity contribution in [3.05, 3.63) is 17.0 Å². The van der Waals surface area contributed by atoms with Gasteiger partial charge in [0.25, 0.3) is 5.91 Å². The maximum absolute atomic E-state index is 13.2. The molecule has 1 fully saturated rings. The van der Waals surface area contributed by atoms with Gasteiger partial charge in [-0.15, -0.1) is 0 Å². The molecular formula is C21H37N5O. The first-order chi connectivity index (χ1) is 13.0. The minimum absolute atomic E-state index is 0.162. The number of nitrogens with zero attached hydrogens (tertiary/aromatic N) is 5. The summed E-state index contributed by atoms with van der Waals surface area (Å²) in [5.74, 6) is 0.162. The van der Waals surface area contributed by atoms with Crippen molar-refractivity contribution in [1.82, 2.24) is 24.5 Å². The molecule has 27 heavy (non-hydrogen) atoms. The Hall–Kier alpha value is -1.40. The zero-order valence-corrected chi connectivity index (χ0v) is 17.7. The number of piperidine rings is 1. The van der Waals surface area contributed by atoms with Crippen LogP contribution in [0, 0.1) is 0 Å². The molecule has 1 aliphatic heterocycles. The summed E-state index contributed by atoms with van der Waals surface area (Å²) in [7, 11) is 4.26. The lowest BCUT2D eigenvalue weighted by atomic mass is 9.89. The molecule has 0 N–H and O–H groups in total. The highest BCUT2D eigenvalue weighted by Crippen LogP contribution is 2.29. The molecule has 2 heterocycles. The largest absolute Gasteiger partial charge is 0.337 e. The Morgan fingerprint density at radius 1 is 1.15 bits per heavy atom. The van der Waals surface area contributed by atoms with Crippen molar-refractivity contribution < 1.29 is 4.79 Å². The van der Waals surface area contributed by atoms with Crippen molar-refractivity contribution >= 4 is 5.91 Å². The van der Waals surface area contributed by atoms with Crippen LogP contribution in [0.3, 0.4) is 0 Å². The van der Waals surface area contributed by atoms with Crippen LogP contribution >= 0.6 is 0 Å². The van der Waals surface area contributed by atoms with Crippen LogP contribution in [0.15, 0.2) is 0 Å². The fraction of sp³-hybridized carbons (Fsp3) is 0.810. The highest BCUT2D eigenvalue weighted by atomic mass is 16.2. The minimum Gasteiger partial charge on any atom is -0.337 e. The quantitative estimate of drug-likeness (QED) is 0.733. The summed E-state index contributed by atoms with van der Waals surface area (Å²) in [6, 6.07) is 0.518. The lowest BCUT2D eigenvalue weighted by Gasteiger charge is -2.34. The summed E-state index contributed by atoms with van der Waals surface area (Å²) in [5.41, 5.74) is 3.27. The first-order valence-corrected chi connectivity index (χ1v) is 10.8. The molecule has 0 aromatic carbocycles. The molecule has 3 rings (SSSR count). The average Bonchev–Trinajstić information content (AvgIpc) is 3.06. The fourth-order valence-electron chi connectivity index (χ4n) is 4.59. The minimum atomic E-state index is 0.162. The molecule has 1 aliphatic carbocycles. The molecule has 2 aliphatic rings. The highest BCUT2D eigenvalue weighted by Gasteiger charge is 2.32. The van der Waals surface area contributed by atoms with Gasteiger partial charge in [-0.05, 0) is 66.1 Å². The molecule has 1 aromatic heterocycles. The Bertz CT molecular complexity index is 633. The molecule has 1 amide bonds. The first kappa shape index (κ1) is 20.3. The van der Waals surface area contributed by atoms with E-state index >= 15 is 0 Å². The van der Waals surface area contributed by atoms with Gasteiger partial charge in [0.15, 0.2) is 5.69 Å². The second kappa shape index (κ2) is 9.20. The number of fused-ring (bicyclic) bond motifs is 1. The highest BCUT2D eigenvalue weighted by molar-refractivity contribution is 5.94. The fourth-order valence-corrected chi connectivity index (χ4v) is 4.59. The molecule has 0 spiro atoms. The van der Waals surface area contributed by atoms with Gasteiger partial charge >= 0.3 is 0 Å². The summed E-state index contributed by atoms with van der Waals surface area (Å²) in [4.78, 5) is 20.1. The van der Waals surface area contributed by atoms with E-state index in [-0.39, 0.29) is 5.91 Å². The third-order valence-electron chi connectivity index (χ3n) is 6.22. The molecule has 152 valence electrons. The molecule has 6 nitrogen and oxygen atoms in total. The van der Waals surface area contributed by atoms with E-state index in [9.17, 15) is 4.79 Å². The number of hydrogen-bond acceptors (Lipinski definition) is 4. The van der Waals surface area contributed by atoms with E-state index in [0.717, 1.165) is 77.1 Å². The predicted molar refractivity (Wildman–Crippen MR) is 109 cm³/mol. The smallest absolute Gasteiger partial charge is 0.274 e. The predicted octanol–water partition coefficient (Wildman–Crippen LogP) is 2.27. The van der Waals surface area contributed by atoms with Gasteiger partial charge in [0.1, 0.15) is 0 Å². The number of hydrogen-bond donors (Lipinski definition) is 0. The lowest BCUT2D eigenvalue weighted by molar-refractivity contribution is 0.0715. The summed E-state index contributed by atoms with van der Waals surface area (Å²) < 4.78 is 2.08. The summed E-state index contributed by atoms with van der Waals surface area (Å²) >= 11 is 0. The van der Waals surface area contributed by atoms with Crippen LogP contribution in [0.1, 0.15) is 61.3 Å². The second-order valence-corrected chi connectivity index (χ2v) is 8.27. The van der Waals surface area contributed by atoms with E-state index in [4.69, 9.17) is 5.10 Å². The average molecular weight is 376 g/mol. The Kier molecular flexibility index (Phi) is 6.93. The maximum atomic E-state index is 13.2. The van der Waals surface area contributed by atoms with Crippen molar-refractivity contribution in [3.8, 4) is 0 Å². The number of likely N-dealkylation sites (tertiary alicyclic amines) is 1. The normalized spacial score (nSPS) is 20.4. The molecular weight excluding hydrogens is 338 g/mol. The Balaban J connectivity index is 1.81. The zero-order valence-electron chi connectivity index (χ0n) is 17.7. The van der Waals surface area contributed by atoms with Crippen molar-refractivity contribution in [2.75, 3.05) is 46.8 Å². The van der Waals surface area contributed by atoms with Gasteiger partial charge in [0, 0.05) is 50.0 Å². The van der Waals surface area contributed by atoms with E-state index in [1.807, 2.05) is 4.90 Å². The number of amides is 1. The van der Waals surface area contributed by atoms with E-state index in [2.05, 4.69) is 42.4 Å². The van der Waals surface area contributed by atoms with Crippen molar-refractivity contribution in [1.29, 1.82) is 0 Å². The monoisotopic (exact) mass is 375 g/mol. The van der Waals surface area contributed by atoms with E-state index < -0.39 is 0 Å². The molecule has 6 heteroatoms. The van der Waals surface area contributed by atoms with Gasteiger partial charge in [-0.2, -0.15) is 5.10 Å². The number of aryl methyl sites for hydroxylation is 1. The zero-order chi connectivity index (χ0) is 19.4. The van der Waals surface area contributed by atoms with Crippen molar-refractivity contribution in [2.24, 2.45) is 0 Å². The SMILES string of the molecule is CCN(CCN(C)C)[C@H]1CCc2c(c(C(=O)N3CCCCC3)nn2CC)C1. The third-order valence-corrected chi connectivity index (χ3v) is 6.22. The van der Waals surface area contributed by atoms with E-state index in [0.29, 0.717) is 6.04 Å². The van der Waals surface area contributed by atoms with Crippen LogP contribution in [0.25, 0.3) is 0 Å². The molecule has 0 saturated carbocycles. The second-order valence-electron chi connectivity index (χ2n) is 8.27. The molecule has 1 atom stereocenters. The number of rotatable bonds is 7. The van der Waals surface area contributed by atoms with E-state index in [1.54, 1.807) is 0 Å². The lowest BCUT2D eigenvalue weighted by Crippen LogP contribution is -2.43. The van der Waals surface area contributed by atoms with Gasteiger partial charge in [0.05, 0.1) is 0 Å². The molecule has 0 bridgehead atoms. The Morgan fingerprint density at radius 2 is 1.89 bits per heavy atom. The molecule has 0 unspecified atom stereocenters. The number of carbonyl (C=O) groups is 1. The van der Waals surface area contributed by atoms with Crippen molar-refractivity contribution in [2.45, 2.75) is 65.0 Å². The number of carbonyl (C=O) groups excluding carboxylic acids is 1. The number of likely N-dealkylation sites (N-methyl/N-ethyl adjacent to an activating group) is 2. The van der Waals surface area contributed by atoms with Crippen LogP contribution < -0.4 is 0 Å². The van der Waals surface area contributed by atoms with Crippen LogP contribution in [-0.2, 0) is 19.4 Å². The molecule has 1 saturated heterocycles. The van der Waals surface area contributed by atoms with Crippen LogP contribution in [-0.4, -0.2) is 83.2 Å². The standard InChI is InChI=1S/C21H37N5O/c1-5-24(15-14-23(3)4)17-10-11-19-18(16-17)20(22-26(19)6-2)21(27)25-12-8-7-9-13-25/h17H,5-16H2,1-4H3/t17-/m0/s1. The Morgan fingerprint density at radius 3 is 2.52 bits per heavy atom. The van der Waals surface area contributed by atoms with Gasteiger partial charge in [-0.1, -0.05) is 6.92 Å².